The molecule has 28 heavy (non-hydrogen) atoms. The third-order valence-electron chi connectivity index (χ3n) is 6.84. The fraction of sp³-hybridized carbons (Fsp3) is 0.500. The van der Waals surface area contributed by atoms with E-state index in [-0.39, 0.29) is 35.1 Å². The molecule has 1 heterocycles. The van der Waals surface area contributed by atoms with Crippen molar-refractivity contribution in [3.63, 3.8) is 0 Å². The van der Waals surface area contributed by atoms with E-state index in [1.807, 2.05) is 30.3 Å². The first-order valence-electron chi connectivity index (χ1n) is 10.0. The predicted octanol–water partition coefficient (Wildman–Crippen LogP) is 4.12. The zero-order valence-corrected chi connectivity index (χ0v) is 15.6. The number of para-hydroxylation sites is 2. The molecule has 0 saturated heterocycles. The molecule has 6 nitrogen and oxygen atoms in total. The second-order valence-electron chi connectivity index (χ2n) is 8.81. The molecule has 4 aliphatic rings. The van der Waals surface area contributed by atoms with Gasteiger partial charge in [0.05, 0.1) is 16.4 Å². The average Bonchev–Trinajstić information content (AvgIpc) is 3.09. The summed E-state index contributed by atoms with van der Waals surface area (Å²) in [7, 11) is 0. The maximum Gasteiger partial charge on any atom is 0.312 e. The van der Waals surface area contributed by atoms with Gasteiger partial charge in [0.2, 0.25) is 0 Å². The number of nitrogens with one attached hydrogen (secondary N) is 1. The van der Waals surface area contributed by atoms with E-state index in [4.69, 9.17) is 4.74 Å². The van der Waals surface area contributed by atoms with Crippen molar-refractivity contribution in [2.45, 2.75) is 38.5 Å². The highest BCUT2D eigenvalue weighted by molar-refractivity contribution is 5.83. The number of hydrogen-bond acceptors (Lipinski definition) is 5. The quantitative estimate of drug-likeness (QED) is 0.474. The average molecular weight is 377 g/mol. The van der Waals surface area contributed by atoms with Crippen molar-refractivity contribution in [1.82, 2.24) is 9.97 Å². The normalized spacial score (nSPS) is 31.5. The number of nitrogens with zero attached hydrogens (tertiary/aromatic N) is 2. The molecule has 6 rings (SSSR count). The molecule has 0 spiro atoms. The molecule has 2 N–H and O–H groups in total. The largest absolute Gasteiger partial charge is 0.507 e. The Morgan fingerprint density at radius 1 is 1.21 bits per heavy atom. The maximum absolute atomic E-state index is 12.9. The van der Waals surface area contributed by atoms with Crippen LogP contribution in [0.4, 0.5) is 0 Å². The molecule has 4 fully saturated rings. The number of fused-ring (bicyclic) bond motifs is 1. The van der Waals surface area contributed by atoms with E-state index in [0.29, 0.717) is 23.3 Å². The highest BCUT2D eigenvalue weighted by Crippen LogP contribution is 2.60. The Hall–Kier alpha value is -2.81. The van der Waals surface area contributed by atoms with Gasteiger partial charge in [0.1, 0.15) is 18.2 Å². The van der Waals surface area contributed by atoms with Gasteiger partial charge in [0.25, 0.3) is 0 Å². The molecule has 144 valence electrons. The number of aliphatic hydroxyl groups is 1. The monoisotopic (exact) mass is 377 g/mol. The van der Waals surface area contributed by atoms with Crippen molar-refractivity contribution >= 4 is 22.6 Å². The van der Waals surface area contributed by atoms with Crippen LogP contribution in [-0.2, 0) is 9.53 Å². The van der Waals surface area contributed by atoms with Gasteiger partial charge in [0.15, 0.2) is 11.6 Å². The second-order valence-corrected chi connectivity index (χ2v) is 8.81. The van der Waals surface area contributed by atoms with Gasteiger partial charge in [-0.3, -0.25) is 4.79 Å². The lowest BCUT2D eigenvalue weighted by Gasteiger charge is -2.55. The van der Waals surface area contributed by atoms with Gasteiger partial charge in [-0.25, -0.2) is 4.98 Å². The first-order chi connectivity index (χ1) is 13.6. The third-order valence-corrected chi connectivity index (χ3v) is 6.84. The Kier molecular flexibility index (Phi) is 3.94. The van der Waals surface area contributed by atoms with E-state index in [2.05, 4.69) is 9.97 Å². The number of imidazole rings is 1. The molecule has 0 aliphatic heterocycles. The summed E-state index contributed by atoms with van der Waals surface area (Å²) in [6.07, 6.45) is 6.50. The van der Waals surface area contributed by atoms with Crippen LogP contribution >= 0.6 is 0 Å². The molecular weight excluding hydrogens is 354 g/mol. The van der Waals surface area contributed by atoms with Crippen LogP contribution in [0.15, 0.2) is 30.0 Å². The van der Waals surface area contributed by atoms with Gasteiger partial charge < -0.3 is 14.8 Å². The lowest BCUT2D eigenvalue weighted by molar-refractivity contribution is -0.171. The van der Waals surface area contributed by atoms with Gasteiger partial charge in [-0.15, -0.1) is 0 Å². The maximum atomic E-state index is 12.9. The number of rotatable bonds is 4. The summed E-state index contributed by atoms with van der Waals surface area (Å²) in [5.74, 6) is 1.75. The molecule has 1 aromatic heterocycles. The topological polar surface area (TPSA) is 99.0 Å². The number of aromatic amines is 1. The van der Waals surface area contributed by atoms with Crippen LogP contribution in [0.3, 0.4) is 0 Å². The van der Waals surface area contributed by atoms with Gasteiger partial charge in [-0.05, 0) is 68.4 Å². The Morgan fingerprint density at radius 3 is 2.46 bits per heavy atom. The van der Waals surface area contributed by atoms with Crippen molar-refractivity contribution < 1.29 is 14.6 Å². The molecule has 6 heteroatoms. The molecule has 4 aliphatic carbocycles. The van der Waals surface area contributed by atoms with Gasteiger partial charge in [-0.2, -0.15) is 5.26 Å². The van der Waals surface area contributed by atoms with E-state index < -0.39 is 0 Å². The zero-order chi connectivity index (χ0) is 19.3. The standard InChI is InChI=1S/C22H23N3O3/c23-11-16(20-24-17-3-1-2-4-18(17)25-20)19(26)12-28-21(27)22-8-13-5-14(9-22)7-15(6-13)10-22/h1-4,13-15,26H,5-10,12H2,(H,24,25). The summed E-state index contributed by atoms with van der Waals surface area (Å²) in [6, 6.07) is 9.39. The van der Waals surface area contributed by atoms with E-state index >= 15 is 0 Å². The number of allylic oxidation sites excluding steroid dienone is 1. The van der Waals surface area contributed by atoms with Gasteiger partial charge in [0, 0.05) is 0 Å². The Labute approximate surface area is 163 Å². The van der Waals surface area contributed by atoms with Gasteiger partial charge in [-0.1, -0.05) is 12.1 Å². The second kappa shape index (κ2) is 6.37. The number of aromatic nitrogens is 2. The van der Waals surface area contributed by atoms with E-state index in [1.165, 1.54) is 19.3 Å². The van der Waals surface area contributed by atoms with Crippen molar-refractivity contribution in [2.75, 3.05) is 6.61 Å². The number of carbonyl (C=O) groups is 1. The van der Waals surface area contributed by atoms with E-state index in [0.717, 1.165) is 24.8 Å². The lowest BCUT2D eigenvalue weighted by Crippen LogP contribution is -2.50. The van der Waals surface area contributed by atoms with Crippen LogP contribution in [0, 0.1) is 34.5 Å². The highest BCUT2D eigenvalue weighted by Gasteiger charge is 2.55. The molecular formula is C22H23N3O3. The smallest absolute Gasteiger partial charge is 0.312 e. The molecule has 0 amide bonds. The first-order valence-corrected chi connectivity index (χ1v) is 10.0. The number of hydrogen-bond donors (Lipinski definition) is 2. The highest BCUT2D eigenvalue weighted by atomic mass is 16.5. The van der Waals surface area contributed by atoms with Crippen LogP contribution < -0.4 is 0 Å². The fourth-order valence-corrected chi connectivity index (χ4v) is 6.05. The summed E-state index contributed by atoms with van der Waals surface area (Å²) >= 11 is 0. The van der Waals surface area contributed by atoms with Crippen molar-refractivity contribution in [3.8, 4) is 6.07 Å². The number of esters is 1. The number of ether oxygens (including phenoxy) is 1. The van der Waals surface area contributed by atoms with Crippen LogP contribution in [-0.4, -0.2) is 27.7 Å². The number of nitriles is 1. The van der Waals surface area contributed by atoms with Crippen LogP contribution in [0.2, 0.25) is 0 Å². The van der Waals surface area contributed by atoms with Gasteiger partial charge >= 0.3 is 5.97 Å². The Balaban J connectivity index is 1.33. The minimum absolute atomic E-state index is 0.00881. The Bertz CT molecular complexity index is 945. The van der Waals surface area contributed by atoms with Crippen molar-refractivity contribution in [2.24, 2.45) is 23.2 Å². The van der Waals surface area contributed by atoms with Crippen LogP contribution in [0.1, 0.15) is 44.3 Å². The Morgan fingerprint density at radius 2 is 1.86 bits per heavy atom. The number of carbonyl (C=O) groups excluding carboxylic acids is 1. The molecule has 0 radical (unpaired) electrons. The van der Waals surface area contributed by atoms with Crippen molar-refractivity contribution in [3.05, 3.63) is 35.8 Å². The molecule has 0 atom stereocenters. The number of benzene rings is 1. The molecule has 0 unspecified atom stereocenters. The summed E-state index contributed by atoms with van der Waals surface area (Å²) in [6.45, 7) is -0.291. The third kappa shape index (κ3) is 2.77. The SMILES string of the molecule is N#CC(=C(O)COC(=O)C12CC3CC(CC(C3)C1)C2)c1nc2ccccc2[nH]1. The first kappa shape index (κ1) is 17.3. The van der Waals surface area contributed by atoms with E-state index in [1.54, 1.807) is 0 Å². The summed E-state index contributed by atoms with van der Waals surface area (Å²) < 4.78 is 5.53. The minimum atomic E-state index is -0.374. The minimum Gasteiger partial charge on any atom is -0.507 e. The van der Waals surface area contributed by atoms with E-state index in [9.17, 15) is 15.2 Å². The molecule has 1 aromatic carbocycles. The number of H-pyrrole nitrogens is 1. The summed E-state index contributed by atoms with van der Waals surface area (Å²) in [5, 5.41) is 19.9. The molecule has 4 bridgehead atoms. The lowest BCUT2D eigenvalue weighted by atomic mass is 9.49. The van der Waals surface area contributed by atoms with Crippen LogP contribution in [0.5, 0.6) is 0 Å². The molecule has 2 aromatic rings. The van der Waals surface area contributed by atoms with Crippen molar-refractivity contribution in [1.29, 1.82) is 5.26 Å². The molecule has 4 saturated carbocycles. The summed E-state index contributed by atoms with van der Waals surface area (Å²) in [5.41, 5.74) is 1.13. The number of aliphatic hydroxyl groups excluding tert-OH is 1. The summed E-state index contributed by atoms with van der Waals surface area (Å²) in [4.78, 5) is 20.3. The zero-order valence-electron chi connectivity index (χ0n) is 15.6. The predicted molar refractivity (Wildman–Crippen MR) is 103 cm³/mol. The fourth-order valence-electron chi connectivity index (χ4n) is 6.05. The van der Waals surface area contributed by atoms with Crippen LogP contribution in [0.25, 0.3) is 16.6 Å².